The molecule has 2 atom stereocenters. The van der Waals surface area contributed by atoms with Gasteiger partial charge in [0.2, 0.25) is 0 Å². The SMILES string of the molecule is CCOC(=O)C(CCC(=O)O)NP. The zero-order valence-corrected chi connectivity index (χ0v) is 8.60. The summed E-state index contributed by atoms with van der Waals surface area (Å²) in [6, 6.07) is -0.555. The first-order valence-electron chi connectivity index (χ1n) is 3.96. The summed E-state index contributed by atoms with van der Waals surface area (Å²) >= 11 is 0. The first-order chi connectivity index (χ1) is 6.11. The summed E-state index contributed by atoms with van der Waals surface area (Å²) in [5, 5.41) is 11.0. The second-order valence-corrected chi connectivity index (χ2v) is 2.74. The molecule has 76 valence electrons. The minimum atomic E-state index is -0.922. The topological polar surface area (TPSA) is 75.6 Å². The highest BCUT2D eigenvalue weighted by Crippen LogP contribution is 2.01. The molecule has 0 aromatic carbocycles. The van der Waals surface area contributed by atoms with Gasteiger partial charge >= 0.3 is 11.9 Å². The molecule has 0 aliphatic heterocycles. The van der Waals surface area contributed by atoms with Crippen molar-refractivity contribution >= 4 is 21.3 Å². The molecule has 0 saturated heterocycles. The summed E-state index contributed by atoms with van der Waals surface area (Å²) in [6.45, 7) is 2.00. The molecular weight excluding hydrogens is 193 g/mol. The highest BCUT2D eigenvalue weighted by Gasteiger charge is 2.18. The molecule has 0 aliphatic rings. The van der Waals surface area contributed by atoms with Gasteiger partial charge in [-0.3, -0.25) is 14.7 Å². The van der Waals surface area contributed by atoms with E-state index in [1.807, 2.05) is 0 Å². The Balaban J connectivity index is 3.87. The first kappa shape index (κ1) is 12.3. The molecule has 13 heavy (non-hydrogen) atoms. The van der Waals surface area contributed by atoms with Gasteiger partial charge in [0.1, 0.15) is 6.04 Å². The van der Waals surface area contributed by atoms with E-state index < -0.39 is 18.0 Å². The Bertz CT molecular complexity index is 185. The molecule has 0 aromatic rings. The maximum Gasteiger partial charge on any atom is 0.323 e. The van der Waals surface area contributed by atoms with Crippen LogP contribution in [0.25, 0.3) is 0 Å². The van der Waals surface area contributed by atoms with Crippen molar-refractivity contribution in [1.82, 2.24) is 5.09 Å². The van der Waals surface area contributed by atoms with E-state index in [2.05, 4.69) is 14.5 Å². The van der Waals surface area contributed by atoms with Gasteiger partial charge in [0, 0.05) is 6.42 Å². The zero-order chi connectivity index (χ0) is 10.3. The van der Waals surface area contributed by atoms with E-state index in [1.54, 1.807) is 6.92 Å². The number of nitrogens with one attached hydrogen (secondary N) is 1. The lowest BCUT2D eigenvalue weighted by molar-refractivity contribution is -0.145. The van der Waals surface area contributed by atoms with Crippen LogP contribution >= 0.6 is 9.39 Å². The van der Waals surface area contributed by atoms with Crippen LogP contribution in [0.5, 0.6) is 0 Å². The van der Waals surface area contributed by atoms with Crippen LogP contribution in [0, 0.1) is 0 Å². The molecule has 0 aliphatic carbocycles. The molecule has 0 rings (SSSR count). The average Bonchev–Trinajstić information content (AvgIpc) is 2.05. The van der Waals surface area contributed by atoms with Crippen molar-refractivity contribution in [3.8, 4) is 0 Å². The monoisotopic (exact) mass is 207 g/mol. The van der Waals surface area contributed by atoms with Crippen LogP contribution in [0.2, 0.25) is 0 Å². The number of hydrogen-bond acceptors (Lipinski definition) is 4. The predicted octanol–water partition coefficient (Wildman–Crippen LogP) is 0.163. The molecule has 0 heterocycles. The molecule has 5 nitrogen and oxygen atoms in total. The third-order valence-corrected chi connectivity index (χ3v) is 1.82. The summed E-state index contributed by atoms with van der Waals surface area (Å²) in [4.78, 5) is 21.3. The quantitative estimate of drug-likeness (QED) is 0.479. The van der Waals surface area contributed by atoms with Gasteiger partial charge in [-0.1, -0.05) is 9.39 Å². The Hall–Kier alpha value is -0.670. The number of carbonyl (C=O) groups is 2. The van der Waals surface area contributed by atoms with Crippen molar-refractivity contribution in [1.29, 1.82) is 0 Å². The van der Waals surface area contributed by atoms with E-state index in [0.717, 1.165) is 0 Å². The van der Waals surface area contributed by atoms with Crippen LogP contribution in [0.3, 0.4) is 0 Å². The number of hydrogen-bond donors (Lipinski definition) is 2. The second kappa shape index (κ2) is 6.80. The second-order valence-electron chi connectivity index (χ2n) is 2.40. The summed E-state index contributed by atoms with van der Waals surface area (Å²) in [5.74, 6) is -1.34. The maximum absolute atomic E-state index is 11.1. The molecule has 6 heteroatoms. The van der Waals surface area contributed by atoms with E-state index in [1.165, 1.54) is 0 Å². The van der Waals surface area contributed by atoms with Gasteiger partial charge in [0.15, 0.2) is 0 Å². The highest BCUT2D eigenvalue weighted by atomic mass is 31.0. The molecule has 0 fully saturated rings. The van der Waals surface area contributed by atoms with Crippen LogP contribution < -0.4 is 5.09 Å². The van der Waals surface area contributed by atoms with Gasteiger partial charge in [0.05, 0.1) is 6.61 Å². The van der Waals surface area contributed by atoms with Gasteiger partial charge < -0.3 is 9.84 Å². The standard InChI is InChI=1S/C7H14NO4P/c1-2-12-7(11)5(8-13)3-4-6(9)10/h5,8H,2-4,13H2,1H3,(H,9,10). The minimum absolute atomic E-state index is 0.0507. The number of carboxylic acid groups (broad SMARTS) is 1. The van der Waals surface area contributed by atoms with Crippen molar-refractivity contribution in [3.05, 3.63) is 0 Å². The number of carboxylic acids is 1. The van der Waals surface area contributed by atoms with Crippen LogP contribution in [0.15, 0.2) is 0 Å². The number of carbonyl (C=O) groups excluding carboxylic acids is 1. The lowest BCUT2D eigenvalue weighted by Crippen LogP contribution is -2.32. The predicted molar refractivity (Wildman–Crippen MR) is 50.1 cm³/mol. The van der Waals surface area contributed by atoms with Gasteiger partial charge in [-0.05, 0) is 13.3 Å². The van der Waals surface area contributed by atoms with Crippen LogP contribution in [0.1, 0.15) is 19.8 Å². The van der Waals surface area contributed by atoms with Crippen LogP contribution in [-0.4, -0.2) is 29.7 Å². The first-order valence-corrected chi connectivity index (χ1v) is 4.54. The normalized spacial score (nSPS) is 12.2. The summed E-state index contributed by atoms with van der Waals surface area (Å²) in [7, 11) is 2.17. The Kier molecular flexibility index (Phi) is 6.45. The minimum Gasteiger partial charge on any atom is -0.481 e. The Morgan fingerprint density at radius 3 is 2.62 bits per heavy atom. The van der Waals surface area contributed by atoms with Crippen molar-refractivity contribution in [2.45, 2.75) is 25.8 Å². The Labute approximate surface area is 79.1 Å². The van der Waals surface area contributed by atoms with Crippen molar-refractivity contribution in [2.75, 3.05) is 6.61 Å². The van der Waals surface area contributed by atoms with E-state index >= 15 is 0 Å². The maximum atomic E-state index is 11.1. The number of esters is 1. The molecular formula is C7H14NO4P. The smallest absolute Gasteiger partial charge is 0.323 e. The van der Waals surface area contributed by atoms with Gasteiger partial charge in [0.25, 0.3) is 0 Å². The third kappa shape index (κ3) is 5.55. The molecule has 0 saturated carbocycles. The van der Waals surface area contributed by atoms with E-state index in [-0.39, 0.29) is 12.8 Å². The molecule has 0 bridgehead atoms. The van der Waals surface area contributed by atoms with Crippen molar-refractivity contribution in [3.63, 3.8) is 0 Å². The molecule has 0 radical (unpaired) electrons. The number of rotatable bonds is 6. The molecule has 0 aromatic heterocycles. The molecule has 0 spiro atoms. The summed E-state index contributed by atoms with van der Waals surface area (Å²) in [6.07, 6.45) is 0.183. The zero-order valence-electron chi connectivity index (χ0n) is 7.45. The summed E-state index contributed by atoms with van der Waals surface area (Å²) < 4.78 is 4.72. The Morgan fingerprint density at radius 2 is 2.23 bits per heavy atom. The average molecular weight is 207 g/mol. The van der Waals surface area contributed by atoms with Crippen molar-refractivity contribution < 1.29 is 19.4 Å². The van der Waals surface area contributed by atoms with Gasteiger partial charge in [-0.15, -0.1) is 0 Å². The number of aliphatic carboxylic acids is 1. The highest BCUT2D eigenvalue weighted by molar-refractivity contribution is 7.13. The van der Waals surface area contributed by atoms with E-state index in [0.29, 0.717) is 6.61 Å². The molecule has 0 amide bonds. The third-order valence-electron chi connectivity index (χ3n) is 1.42. The van der Waals surface area contributed by atoms with Crippen molar-refractivity contribution in [2.24, 2.45) is 0 Å². The Morgan fingerprint density at radius 1 is 1.62 bits per heavy atom. The largest absolute Gasteiger partial charge is 0.481 e. The fraction of sp³-hybridized carbons (Fsp3) is 0.714. The fourth-order valence-corrected chi connectivity index (χ4v) is 1.08. The van der Waals surface area contributed by atoms with E-state index in [4.69, 9.17) is 9.84 Å². The lowest BCUT2D eigenvalue weighted by Gasteiger charge is -2.12. The summed E-state index contributed by atoms with van der Waals surface area (Å²) in [5.41, 5.74) is 0. The van der Waals surface area contributed by atoms with E-state index in [9.17, 15) is 9.59 Å². The lowest BCUT2D eigenvalue weighted by atomic mass is 10.2. The molecule has 2 N–H and O–H groups in total. The fourth-order valence-electron chi connectivity index (χ4n) is 0.780. The number of ether oxygens (including phenoxy) is 1. The van der Waals surface area contributed by atoms with Gasteiger partial charge in [-0.25, -0.2) is 0 Å². The van der Waals surface area contributed by atoms with Crippen LogP contribution in [-0.2, 0) is 14.3 Å². The van der Waals surface area contributed by atoms with Gasteiger partial charge in [-0.2, -0.15) is 0 Å². The van der Waals surface area contributed by atoms with Crippen LogP contribution in [0.4, 0.5) is 0 Å². The molecule has 2 unspecified atom stereocenters.